The summed E-state index contributed by atoms with van der Waals surface area (Å²) in [6.07, 6.45) is 0.633. The van der Waals surface area contributed by atoms with E-state index in [-0.39, 0.29) is 18.7 Å². The fraction of sp³-hybridized carbons (Fsp3) is 0.182. The van der Waals surface area contributed by atoms with Crippen LogP contribution in [0.1, 0.15) is 0 Å². The van der Waals surface area contributed by atoms with Gasteiger partial charge in [-0.15, -0.1) is 11.3 Å². The molecule has 4 aromatic rings. The summed E-state index contributed by atoms with van der Waals surface area (Å²) in [4.78, 5) is 18.9. The normalized spacial score (nSPS) is 12.1. The van der Waals surface area contributed by atoms with Crippen molar-refractivity contribution in [3.8, 4) is 21.9 Å². The second kappa shape index (κ2) is 8.46. The van der Waals surface area contributed by atoms with Crippen molar-refractivity contribution in [1.82, 2.24) is 9.55 Å². The molecule has 29 heavy (non-hydrogen) atoms. The maximum absolute atomic E-state index is 12.8. The molecule has 0 fully saturated rings. The average Bonchev–Trinajstić information content (AvgIpc) is 3.20. The van der Waals surface area contributed by atoms with E-state index in [1.165, 1.54) is 22.2 Å². The second-order valence-corrected chi connectivity index (χ2v) is 7.57. The molecule has 0 bridgehead atoms. The van der Waals surface area contributed by atoms with E-state index in [0.29, 0.717) is 16.0 Å². The molecule has 0 aliphatic heterocycles. The highest BCUT2D eigenvalue weighted by molar-refractivity contribution is 7.21. The minimum absolute atomic E-state index is 0.0652. The van der Waals surface area contributed by atoms with Crippen LogP contribution in [0.4, 0.5) is 0 Å². The molecule has 4 rings (SSSR count). The van der Waals surface area contributed by atoms with Gasteiger partial charge in [0.2, 0.25) is 0 Å². The fourth-order valence-corrected chi connectivity index (χ4v) is 3.97. The molecule has 6 nitrogen and oxygen atoms in total. The molecule has 0 amide bonds. The lowest BCUT2D eigenvalue weighted by atomic mass is 10.2. The van der Waals surface area contributed by atoms with E-state index >= 15 is 0 Å². The summed E-state index contributed by atoms with van der Waals surface area (Å²) < 4.78 is 12.1. The van der Waals surface area contributed by atoms with Crippen LogP contribution in [0.3, 0.4) is 0 Å². The summed E-state index contributed by atoms with van der Waals surface area (Å²) in [7, 11) is 1.60. The lowest BCUT2D eigenvalue weighted by Crippen LogP contribution is -2.30. The number of methoxy groups -OCH3 is 1. The van der Waals surface area contributed by atoms with Gasteiger partial charge >= 0.3 is 0 Å². The van der Waals surface area contributed by atoms with Gasteiger partial charge in [-0.3, -0.25) is 9.36 Å². The lowest BCUT2D eigenvalue weighted by molar-refractivity contribution is 0.0914. The van der Waals surface area contributed by atoms with Crippen LogP contribution in [0.25, 0.3) is 20.7 Å². The van der Waals surface area contributed by atoms with E-state index in [1.807, 2.05) is 36.4 Å². The molecule has 0 spiro atoms. The highest BCUT2D eigenvalue weighted by atomic mass is 32.1. The Kier molecular flexibility index (Phi) is 5.59. The molecule has 0 aliphatic carbocycles. The van der Waals surface area contributed by atoms with Crippen LogP contribution in [-0.4, -0.2) is 34.5 Å². The largest absolute Gasteiger partial charge is 0.497 e. The van der Waals surface area contributed by atoms with E-state index in [0.717, 1.165) is 16.2 Å². The number of fused-ring (bicyclic) bond motifs is 1. The van der Waals surface area contributed by atoms with Crippen LogP contribution in [0.15, 0.2) is 71.8 Å². The molecule has 2 aromatic heterocycles. The summed E-state index contributed by atoms with van der Waals surface area (Å²) in [5.41, 5.74) is 0.881. The molecule has 0 radical (unpaired) electrons. The van der Waals surface area contributed by atoms with Gasteiger partial charge in [-0.1, -0.05) is 30.3 Å². The Morgan fingerprint density at radius 3 is 2.55 bits per heavy atom. The van der Waals surface area contributed by atoms with Gasteiger partial charge in [0, 0.05) is 4.88 Å². The highest BCUT2D eigenvalue weighted by Crippen LogP contribution is 2.30. The zero-order chi connectivity index (χ0) is 20.2. The molecule has 1 N–H and O–H groups in total. The Morgan fingerprint density at radius 2 is 1.83 bits per heavy atom. The zero-order valence-corrected chi connectivity index (χ0v) is 16.6. The van der Waals surface area contributed by atoms with Gasteiger partial charge in [0.05, 0.1) is 25.4 Å². The monoisotopic (exact) mass is 408 g/mol. The Labute approximate surface area is 171 Å². The third kappa shape index (κ3) is 4.31. The standard InChI is InChI=1S/C22H20N2O4S/c1-27-17-7-9-18(10-8-17)28-13-16(25)12-24-14-23-21-19(22(24)26)11-20(29-21)15-5-3-2-4-6-15/h2-11,14,16,25H,12-13H2,1H3. The summed E-state index contributed by atoms with van der Waals surface area (Å²) >= 11 is 1.48. The third-order valence-electron chi connectivity index (χ3n) is 4.49. The molecule has 7 heteroatoms. The Balaban J connectivity index is 1.47. The van der Waals surface area contributed by atoms with E-state index in [4.69, 9.17) is 9.47 Å². The smallest absolute Gasteiger partial charge is 0.262 e. The summed E-state index contributed by atoms with van der Waals surface area (Å²) in [5.74, 6) is 1.35. The first-order valence-electron chi connectivity index (χ1n) is 9.13. The number of aliphatic hydroxyl groups excluding tert-OH is 1. The molecule has 2 aromatic carbocycles. The number of rotatable bonds is 7. The number of hydrogen-bond donors (Lipinski definition) is 1. The first-order valence-corrected chi connectivity index (χ1v) is 9.95. The maximum Gasteiger partial charge on any atom is 0.262 e. The fourth-order valence-electron chi connectivity index (χ4n) is 2.98. The minimum atomic E-state index is -0.846. The van der Waals surface area contributed by atoms with E-state index in [9.17, 15) is 9.90 Å². The second-order valence-electron chi connectivity index (χ2n) is 6.54. The van der Waals surface area contributed by atoms with Crippen LogP contribution in [0.5, 0.6) is 11.5 Å². The van der Waals surface area contributed by atoms with Gasteiger partial charge < -0.3 is 14.6 Å². The van der Waals surface area contributed by atoms with E-state index in [2.05, 4.69) is 4.98 Å². The van der Waals surface area contributed by atoms with Gasteiger partial charge in [0.25, 0.3) is 5.56 Å². The molecule has 0 aliphatic rings. The van der Waals surface area contributed by atoms with Gasteiger partial charge in [-0.25, -0.2) is 4.98 Å². The average molecular weight is 408 g/mol. The van der Waals surface area contributed by atoms with E-state index in [1.54, 1.807) is 31.4 Å². The van der Waals surface area contributed by atoms with Crippen molar-refractivity contribution < 1.29 is 14.6 Å². The number of thiophene rings is 1. The van der Waals surface area contributed by atoms with Gasteiger partial charge in [0.15, 0.2) is 0 Å². The quantitative estimate of drug-likeness (QED) is 0.506. The molecule has 0 saturated heterocycles. The predicted molar refractivity (Wildman–Crippen MR) is 114 cm³/mol. The number of nitrogens with zero attached hydrogens (tertiary/aromatic N) is 2. The van der Waals surface area contributed by atoms with Crippen molar-refractivity contribution in [2.75, 3.05) is 13.7 Å². The number of aliphatic hydroxyl groups is 1. The number of ether oxygens (including phenoxy) is 2. The SMILES string of the molecule is COc1ccc(OCC(O)Cn2cnc3sc(-c4ccccc4)cc3c2=O)cc1. The lowest BCUT2D eigenvalue weighted by Gasteiger charge is -2.14. The number of hydrogen-bond acceptors (Lipinski definition) is 6. The van der Waals surface area contributed by atoms with Gasteiger partial charge in [0.1, 0.15) is 29.0 Å². The van der Waals surface area contributed by atoms with Crippen LogP contribution in [0, 0.1) is 0 Å². The third-order valence-corrected chi connectivity index (χ3v) is 5.58. The molecular formula is C22H20N2O4S. The molecule has 1 unspecified atom stereocenters. The van der Waals surface area contributed by atoms with Crippen LogP contribution in [0.2, 0.25) is 0 Å². The minimum Gasteiger partial charge on any atom is -0.497 e. The zero-order valence-electron chi connectivity index (χ0n) is 15.8. The van der Waals surface area contributed by atoms with Crippen LogP contribution in [-0.2, 0) is 6.54 Å². The first-order chi connectivity index (χ1) is 14.1. The predicted octanol–water partition coefficient (Wildman–Crippen LogP) is 3.57. The van der Waals surface area contributed by atoms with Crippen molar-refractivity contribution in [3.63, 3.8) is 0 Å². The van der Waals surface area contributed by atoms with E-state index < -0.39 is 6.10 Å². The highest BCUT2D eigenvalue weighted by Gasteiger charge is 2.13. The molecule has 2 heterocycles. The number of aromatic nitrogens is 2. The van der Waals surface area contributed by atoms with Gasteiger partial charge in [-0.2, -0.15) is 0 Å². The van der Waals surface area contributed by atoms with Crippen molar-refractivity contribution in [3.05, 3.63) is 77.3 Å². The Hall–Kier alpha value is -3.16. The van der Waals surface area contributed by atoms with Crippen molar-refractivity contribution in [2.24, 2.45) is 0 Å². The molecule has 0 saturated carbocycles. The summed E-state index contributed by atoms with van der Waals surface area (Å²) in [5, 5.41) is 10.9. The van der Waals surface area contributed by atoms with Crippen LogP contribution >= 0.6 is 11.3 Å². The first kappa shape index (κ1) is 19.2. The summed E-state index contributed by atoms with van der Waals surface area (Å²) in [6.45, 7) is 0.171. The maximum atomic E-state index is 12.8. The number of benzene rings is 2. The Bertz CT molecular complexity index is 1150. The van der Waals surface area contributed by atoms with Crippen LogP contribution < -0.4 is 15.0 Å². The summed E-state index contributed by atoms with van der Waals surface area (Å²) in [6, 6.07) is 18.8. The molecular weight excluding hydrogens is 388 g/mol. The van der Waals surface area contributed by atoms with Crippen molar-refractivity contribution in [2.45, 2.75) is 12.6 Å². The van der Waals surface area contributed by atoms with Gasteiger partial charge in [-0.05, 0) is 35.9 Å². The van der Waals surface area contributed by atoms with Crippen molar-refractivity contribution in [1.29, 1.82) is 0 Å². The Morgan fingerprint density at radius 1 is 1.10 bits per heavy atom. The molecule has 148 valence electrons. The van der Waals surface area contributed by atoms with Crippen molar-refractivity contribution >= 4 is 21.6 Å². The topological polar surface area (TPSA) is 73.6 Å². The molecule has 1 atom stereocenters.